The van der Waals surface area contributed by atoms with E-state index in [9.17, 15) is 14.4 Å². The summed E-state index contributed by atoms with van der Waals surface area (Å²) in [4.78, 5) is 36.7. The van der Waals surface area contributed by atoms with Crippen molar-refractivity contribution < 1.29 is 14.4 Å². The normalized spacial score (nSPS) is 20.8. The maximum Gasteiger partial charge on any atom is 0.151 e. The molecule has 0 aromatic heterocycles. The van der Waals surface area contributed by atoms with Crippen LogP contribution in [0.3, 0.4) is 0 Å². The van der Waals surface area contributed by atoms with Crippen molar-refractivity contribution >= 4 is 17.3 Å². The summed E-state index contributed by atoms with van der Waals surface area (Å²) in [5, 5.41) is 9.05. The topological polar surface area (TPSA) is 75.0 Å². The molecular weight excluding hydrogens is 302 g/mol. The summed E-state index contributed by atoms with van der Waals surface area (Å²) in [5.41, 5.74) is 5.07. The van der Waals surface area contributed by atoms with E-state index in [2.05, 4.69) is 6.07 Å². The molecule has 0 radical (unpaired) electrons. The summed E-state index contributed by atoms with van der Waals surface area (Å²) >= 11 is 0. The minimum absolute atomic E-state index is 0.191. The first kappa shape index (κ1) is 18.1. The van der Waals surface area contributed by atoms with E-state index in [4.69, 9.17) is 5.26 Å². The third-order valence-electron chi connectivity index (χ3n) is 5.06. The van der Waals surface area contributed by atoms with Crippen LogP contribution < -0.4 is 0 Å². The number of hydrogen-bond acceptors (Lipinski definition) is 4. The van der Waals surface area contributed by atoms with Crippen LogP contribution in [-0.4, -0.2) is 17.3 Å². The Kier molecular flexibility index (Phi) is 5.33. The summed E-state index contributed by atoms with van der Waals surface area (Å²) in [7, 11) is 0. The molecule has 0 heterocycles. The molecule has 126 valence electrons. The van der Waals surface area contributed by atoms with Gasteiger partial charge in [-0.1, -0.05) is 13.0 Å². The molecule has 0 atom stereocenters. The Hall–Kier alpha value is -2.28. The predicted octanol–water partition coefficient (Wildman–Crippen LogP) is 3.29. The molecule has 0 aliphatic heterocycles. The van der Waals surface area contributed by atoms with Crippen molar-refractivity contribution in [2.45, 2.75) is 59.3 Å². The molecule has 0 unspecified atom stereocenters. The molecule has 0 N–H and O–H groups in total. The highest BCUT2D eigenvalue weighted by Gasteiger charge is 2.40. The second kappa shape index (κ2) is 7.09. The van der Waals surface area contributed by atoms with Crippen molar-refractivity contribution in [3.05, 3.63) is 33.9 Å². The maximum atomic E-state index is 12.4. The second-order valence-corrected chi connectivity index (χ2v) is 6.65. The zero-order chi connectivity index (χ0) is 18.0. The van der Waals surface area contributed by atoms with Crippen LogP contribution in [0.5, 0.6) is 0 Å². The van der Waals surface area contributed by atoms with E-state index < -0.39 is 5.92 Å². The van der Waals surface area contributed by atoms with E-state index in [1.165, 1.54) is 0 Å². The molecule has 4 heteroatoms. The third kappa shape index (κ3) is 3.17. The van der Waals surface area contributed by atoms with Gasteiger partial charge in [0.05, 0.1) is 12.5 Å². The summed E-state index contributed by atoms with van der Waals surface area (Å²) < 4.78 is 0. The number of nitriles is 1. The smallest absolute Gasteiger partial charge is 0.151 e. The van der Waals surface area contributed by atoms with Crippen LogP contribution in [0.1, 0.15) is 59.9 Å². The average Bonchev–Trinajstić information content (AvgIpc) is 2.50. The van der Waals surface area contributed by atoms with Crippen LogP contribution in [0.15, 0.2) is 6.07 Å². The molecule has 0 spiro atoms. The number of rotatable bonds is 4. The summed E-state index contributed by atoms with van der Waals surface area (Å²) in [5.74, 6) is -2.04. The quantitative estimate of drug-likeness (QED) is 0.796. The Bertz CT molecular complexity index is 737. The van der Waals surface area contributed by atoms with Crippen LogP contribution in [0.25, 0.3) is 0 Å². The van der Waals surface area contributed by atoms with E-state index >= 15 is 0 Å². The zero-order valence-electron chi connectivity index (χ0n) is 14.7. The summed E-state index contributed by atoms with van der Waals surface area (Å²) in [6, 6.07) is 4.20. The lowest BCUT2D eigenvalue weighted by atomic mass is 9.72. The lowest BCUT2D eigenvalue weighted by Gasteiger charge is -2.29. The highest BCUT2D eigenvalue weighted by Crippen LogP contribution is 2.37. The van der Waals surface area contributed by atoms with Gasteiger partial charge >= 0.3 is 0 Å². The summed E-state index contributed by atoms with van der Waals surface area (Å²) in [6.07, 6.45) is 0.968. The second-order valence-electron chi connectivity index (χ2n) is 6.65. The Morgan fingerprint density at radius 3 is 2.25 bits per heavy atom. The van der Waals surface area contributed by atoms with Gasteiger partial charge in [-0.05, 0) is 54.5 Å². The first-order chi connectivity index (χ1) is 11.3. The van der Waals surface area contributed by atoms with Gasteiger partial charge in [-0.3, -0.25) is 14.4 Å². The molecule has 1 aromatic carbocycles. The number of aryl methyl sites for hydroxylation is 2. The lowest BCUT2D eigenvalue weighted by molar-refractivity contribution is -0.142. The Labute approximate surface area is 142 Å². The van der Waals surface area contributed by atoms with Crippen molar-refractivity contribution in [1.82, 2.24) is 0 Å². The Morgan fingerprint density at radius 1 is 1.17 bits per heavy atom. The standard InChI is InChI=1S/C20H23NO3/c1-5-16(22)20-17(23)9-14(10-18(20)24)19-12(3)8-11(2)15(6-7-21)13(19)4/h8,14,20H,5-6,9-10H2,1-4H3. The van der Waals surface area contributed by atoms with Gasteiger partial charge in [0.15, 0.2) is 17.3 Å². The minimum atomic E-state index is -1.06. The maximum absolute atomic E-state index is 12.4. The van der Waals surface area contributed by atoms with E-state index in [0.29, 0.717) is 6.42 Å². The van der Waals surface area contributed by atoms with Gasteiger partial charge in [-0.2, -0.15) is 5.26 Å². The molecule has 0 bridgehead atoms. The fraction of sp³-hybridized carbons (Fsp3) is 0.500. The Balaban J connectivity index is 2.43. The molecular formula is C20H23NO3. The fourth-order valence-corrected chi connectivity index (χ4v) is 3.96. The molecule has 1 fully saturated rings. The first-order valence-electron chi connectivity index (χ1n) is 8.36. The van der Waals surface area contributed by atoms with Crippen LogP contribution >= 0.6 is 0 Å². The number of ketones is 3. The monoisotopic (exact) mass is 325 g/mol. The molecule has 0 saturated heterocycles. The van der Waals surface area contributed by atoms with Gasteiger partial charge in [0.25, 0.3) is 0 Å². The van der Waals surface area contributed by atoms with Crippen molar-refractivity contribution in [1.29, 1.82) is 5.26 Å². The number of hydrogen-bond donors (Lipinski definition) is 0. The molecule has 1 aliphatic carbocycles. The van der Waals surface area contributed by atoms with Crippen LogP contribution in [0.4, 0.5) is 0 Å². The van der Waals surface area contributed by atoms with Gasteiger partial charge in [-0.15, -0.1) is 0 Å². The molecule has 24 heavy (non-hydrogen) atoms. The lowest BCUT2D eigenvalue weighted by Crippen LogP contribution is -2.38. The zero-order valence-corrected chi connectivity index (χ0v) is 14.7. The van der Waals surface area contributed by atoms with Crippen molar-refractivity contribution in [2.24, 2.45) is 5.92 Å². The van der Waals surface area contributed by atoms with Gasteiger partial charge in [0.2, 0.25) is 0 Å². The first-order valence-corrected chi connectivity index (χ1v) is 8.36. The fourth-order valence-electron chi connectivity index (χ4n) is 3.96. The third-order valence-corrected chi connectivity index (χ3v) is 5.06. The predicted molar refractivity (Wildman–Crippen MR) is 90.7 cm³/mol. The number of nitrogens with zero attached hydrogens (tertiary/aromatic N) is 1. The molecule has 2 rings (SSSR count). The Morgan fingerprint density at radius 2 is 1.75 bits per heavy atom. The summed E-state index contributed by atoms with van der Waals surface area (Å²) in [6.45, 7) is 7.59. The van der Waals surface area contributed by atoms with Crippen LogP contribution in [0.2, 0.25) is 0 Å². The van der Waals surface area contributed by atoms with Crippen molar-refractivity contribution in [2.75, 3.05) is 0 Å². The van der Waals surface area contributed by atoms with Gasteiger partial charge < -0.3 is 0 Å². The van der Waals surface area contributed by atoms with Crippen LogP contribution in [0, 0.1) is 38.0 Å². The molecule has 0 amide bonds. The van der Waals surface area contributed by atoms with Gasteiger partial charge in [-0.25, -0.2) is 0 Å². The molecule has 1 aliphatic rings. The number of Topliss-reactive ketones (excluding diaryl/α,β-unsaturated/α-hetero) is 3. The van der Waals surface area contributed by atoms with Gasteiger partial charge in [0, 0.05) is 19.3 Å². The van der Waals surface area contributed by atoms with E-state index in [-0.39, 0.29) is 42.5 Å². The average molecular weight is 325 g/mol. The highest BCUT2D eigenvalue weighted by molar-refractivity contribution is 6.20. The number of carbonyl (C=O) groups excluding carboxylic acids is 3. The molecule has 1 saturated carbocycles. The van der Waals surface area contributed by atoms with E-state index in [0.717, 1.165) is 27.8 Å². The minimum Gasteiger partial charge on any atom is -0.298 e. The van der Waals surface area contributed by atoms with E-state index in [1.54, 1.807) is 6.92 Å². The number of benzene rings is 1. The van der Waals surface area contributed by atoms with Gasteiger partial charge in [0.1, 0.15) is 5.92 Å². The SMILES string of the molecule is CCC(=O)C1C(=O)CC(c2c(C)cc(C)c(CC#N)c2C)CC1=O. The largest absolute Gasteiger partial charge is 0.298 e. The van der Waals surface area contributed by atoms with Crippen molar-refractivity contribution in [3.63, 3.8) is 0 Å². The van der Waals surface area contributed by atoms with E-state index in [1.807, 2.05) is 26.8 Å². The number of carbonyl (C=O) groups is 3. The molecule has 4 nitrogen and oxygen atoms in total. The van der Waals surface area contributed by atoms with Crippen molar-refractivity contribution in [3.8, 4) is 6.07 Å². The highest BCUT2D eigenvalue weighted by atomic mass is 16.2. The molecule has 1 aromatic rings. The van der Waals surface area contributed by atoms with Crippen LogP contribution in [-0.2, 0) is 20.8 Å².